The van der Waals surface area contributed by atoms with Crippen molar-refractivity contribution in [3.8, 4) is 0 Å². The van der Waals surface area contributed by atoms with Crippen molar-refractivity contribution in [2.45, 2.75) is 32.4 Å². The normalized spacial score (nSPS) is 19.2. The van der Waals surface area contributed by atoms with E-state index in [9.17, 15) is 18.0 Å². The van der Waals surface area contributed by atoms with Gasteiger partial charge in [-0.05, 0) is 26.2 Å². The molecule has 0 saturated carbocycles. The van der Waals surface area contributed by atoms with Crippen LogP contribution in [-0.2, 0) is 4.79 Å². The zero-order valence-electron chi connectivity index (χ0n) is 8.60. The lowest BCUT2D eigenvalue weighted by atomic mass is 10.1. The number of hydrogen-bond acceptors (Lipinski definition) is 1. The van der Waals surface area contributed by atoms with Gasteiger partial charge >= 0.3 is 6.18 Å². The monoisotopic (exact) mass is 221 g/mol. The van der Waals surface area contributed by atoms with Crippen LogP contribution in [0.25, 0.3) is 0 Å². The first-order chi connectivity index (χ1) is 6.91. The first-order valence-corrected chi connectivity index (χ1v) is 4.95. The molecule has 0 radical (unpaired) electrons. The van der Waals surface area contributed by atoms with Crippen molar-refractivity contribution in [2.75, 3.05) is 13.1 Å². The summed E-state index contributed by atoms with van der Waals surface area (Å²) in [6.45, 7) is 2.06. The minimum atomic E-state index is -4.40. The highest BCUT2D eigenvalue weighted by molar-refractivity contribution is 5.88. The van der Waals surface area contributed by atoms with Gasteiger partial charge in [-0.3, -0.25) is 4.79 Å². The second-order valence-electron chi connectivity index (χ2n) is 3.71. The van der Waals surface area contributed by atoms with Crippen molar-refractivity contribution >= 4 is 5.91 Å². The fourth-order valence-corrected chi connectivity index (χ4v) is 1.47. The van der Waals surface area contributed by atoms with Gasteiger partial charge in [0.05, 0.1) is 0 Å². The third kappa shape index (κ3) is 3.57. The third-order valence-electron chi connectivity index (χ3n) is 2.45. The summed E-state index contributed by atoms with van der Waals surface area (Å²) in [6.07, 6.45) is -0.905. The summed E-state index contributed by atoms with van der Waals surface area (Å²) in [4.78, 5) is 12.9. The van der Waals surface area contributed by atoms with E-state index in [-0.39, 0.29) is 0 Å². The number of hydrogen-bond donors (Lipinski definition) is 0. The van der Waals surface area contributed by atoms with Crippen molar-refractivity contribution in [3.05, 3.63) is 11.6 Å². The molecule has 0 spiro atoms. The third-order valence-corrected chi connectivity index (χ3v) is 2.45. The molecule has 0 aromatic carbocycles. The molecule has 0 aromatic rings. The number of carbonyl (C=O) groups excluding carboxylic acids is 1. The van der Waals surface area contributed by atoms with E-state index >= 15 is 0 Å². The highest BCUT2D eigenvalue weighted by Crippen LogP contribution is 2.25. The molecule has 1 fully saturated rings. The van der Waals surface area contributed by atoms with Gasteiger partial charge in [-0.2, -0.15) is 13.2 Å². The van der Waals surface area contributed by atoms with E-state index < -0.39 is 17.7 Å². The standard InChI is InChI=1S/C10H14F3NO/c1-8(10(11,12)13)7-9(15)14-5-3-2-4-6-14/h7H,2-6H2,1H3/b8-7-. The predicted molar refractivity (Wildman–Crippen MR) is 50.2 cm³/mol. The number of carbonyl (C=O) groups is 1. The van der Waals surface area contributed by atoms with Crippen LogP contribution in [0, 0.1) is 0 Å². The molecule has 2 nitrogen and oxygen atoms in total. The quantitative estimate of drug-likeness (QED) is 0.623. The number of halogens is 3. The van der Waals surface area contributed by atoms with E-state index in [1.165, 1.54) is 4.90 Å². The van der Waals surface area contributed by atoms with Crippen LogP contribution in [0.1, 0.15) is 26.2 Å². The van der Waals surface area contributed by atoms with Crippen molar-refractivity contribution in [3.63, 3.8) is 0 Å². The number of piperidine rings is 1. The van der Waals surface area contributed by atoms with Gasteiger partial charge in [0.2, 0.25) is 5.91 Å². The van der Waals surface area contributed by atoms with E-state index in [4.69, 9.17) is 0 Å². The van der Waals surface area contributed by atoms with E-state index in [0.29, 0.717) is 19.2 Å². The highest BCUT2D eigenvalue weighted by atomic mass is 19.4. The summed E-state index contributed by atoms with van der Waals surface area (Å²) < 4.78 is 36.4. The van der Waals surface area contributed by atoms with Crippen LogP contribution in [0.4, 0.5) is 13.2 Å². The molecule has 0 N–H and O–H groups in total. The Kier molecular flexibility index (Phi) is 3.77. The number of nitrogens with zero attached hydrogens (tertiary/aromatic N) is 1. The van der Waals surface area contributed by atoms with E-state index in [2.05, 4.69) is 0 Å². The molecule has 0 aromatic heterocycles. The van der Waals surface area contributed by atoms with Gasteiger partial charge in [-0.15, -0.1) is 0 Å². The van der Waals surface area contributed by atoms with Crippen LogP contribution in [0.5, 0.6) is 0 Å². The van der Waals surface area contributed by atoms with Gasteiger partial charge in [0, 0.05) is 24.7 Å². The smallest absolute Gasteiger partial charge is 0.339 e. The maximum Gasteiger partial charge on any atom is 0.412 e. The molecule has 0 aliphatic carbocycles. The number of allylic oxidation sites excluding steroid dienone is 1. The molecule has 1 aliphatic rings. The maximum atomic E-state index is 12.1. The SMILES string of the molecule is C/C(=C/C(=O)N1CCCCC1)C(F)(F)F. The van der Waals surface area contributed by atoms with Gasteiger partial charge in [-0.25, -0.2) is 0 Å². The zero-order valence-corrected chi connectivity index (χ0v) is 8.60. The molecule has 0 unspecified atom stereocenters. The largest absolute Gasteiger partial charge is 0.412 e. The Hall–Kier alpha value is -1.00. The lowest BCUT2D eigenvalue weighted by Gasteiger charge is -2.25. The van der Waals surface area contributed by atoms with Gasteiger partial charge in [0.15, 0.2) is 0 Å². The Bertz CT molecular complexity index is 264. The van der Waals surface area contributed by atoms with Gasteiger partial charge < -0.3 is 4.90 Å². The Morgan fingerprint density at radius 1 is 1.20 bits per heavy atom. The predicted octanol–water partition coefficient (Wildman–Crippen LogP) is 2.51. The Labute approximate surface area is 86.7 Å². The molecule has 1 amide bonds. The second kappa shape index (κ2) is 4.68. The van der Waals surface area contributed by atoms with Gasteiger partial charge in [0.25, 0.3) is 0 Å². The molecule has 5 heteroatoms. The van der Waals surface area contributed by atoms with Crippen LogP contribution < -0.4 is 0 Å². The summed E-state index contributed by atoms with van der Waals surface area (Å²) in [6, 6.07) is 0. The molecule has 0 atom stereocenters. The molecular weight excluding hydrogens is 207 g/mol. The number of amides is 1. The first-order valence-electron chi connectivity index (χ1n) is 4.95. The average molecular weight is 221 g/mol. The molecule has 1 heterocycles. The van der Waals surface area contributed by atoms with Gasteiger partial charge in [-0.1, -0.05) is 0 Å². The molecule has 86 valence electrons. The van der Waals surface area contributed by atoms with E-state index in [1.807, 2.05) is 0 Å². The van der Waals surface area contributed by atoms with Crippen LogP contribution in [-0.4, -0.2) is 30.1 Å². The molecule has 1 aliphatic heterocycles. The Morgan fingerprint density at radius 3 is 2.20 bits per heavy atom. The van der Waals surface area contributed by atoms with E-state index in [0.717, 1.165) is 26.2 Å². The van der Waals surface area contributed by atoms with Crippen molar-refractivity contribution < 1.29 is 18.0 Å². The summed E-state index contributed by atoms with van der Waals surface area (Å²) in [7, 11) is 0. The summed E-state index contributed by atoms with van der Waals surface area (Å²) in [5, 5.41) is 0. The maximum absolute atomic E-state index is 12.1. The Balaban J connectivity index is 2.60. The summed E-state index contributed by atoms with van der Waals surface area (Å²) >= 11 is 0. The fraction of sp³-hybridized carbons (Fsp3) is 0.700. The molecule has 15 heavy (non-hydrogen) atoms. The number of likely N-dealkylation sites (tertiary alicyclic amines) is 1. The van der Waals surface area contributed by atoms with Gasteiger partial charge in [0.1, 0.15) is 0 Å². The van der Waals surface area contributed by atoms with E-state index in [1.54, 1.807) is 0 Å². The van der Waals surface area contributed by atoms with Crippen LogP contribution in [0.15, 0.2) is 11.6 Å². The first kappa shape index (κ1) is 12.1. The van der Waals surface area contributed by atoms with Crippen molar-refractivity contribution in [1.29, 1.82) is 0 Å². The zero-order chi connectivity index (χ0) is 11.5. The van der Waals surface area contributed by atoms with Crippen molar-refractivity contribution in [1.82, 2.24) is 4.90 Å². The fourth-order valence-electron chi connectivity index (χ4n) is 1.47. The molecule has 0 bridgehead atoms. The van der Waals surface area contributed by atoms with Crippen molar-refractivity contribution in [2.24, 2.45) is 0 Å². The lowest BCUT2D eigenvalue weighted by molar-refractivity contribution is -0.128. The molecule has 1 rings (SSSR count). The number of rotatable bonds is 1. The Morgan fingerprint density at radius 2 is 1.73 bits per heavy atom. The lowest BCUT2D eigenvalue weighted by Crippen LogP contribution is -2.35. The highest BCUT2D eigenvalue weighted by Gasteiger charge is 2.31. The summed E-state index contributed by atoms with van der Waals surface area (Å²) in [5.41, 5.74) is -0.835. The number of alkyl halides is 3. The topological polar surface area (TPSA) is 20.3 Å². The minimum Gasteiger partial charge on any atom is -0.339 e. The second-order valence-corrected chi connectivity index (χ2v) is 3.71. The minimum absolute atomic E-state index is 0.524. The van der Waals surface area contributed by atoms with Crippen LogP contribution >= 0.6 is 0 Å². The van der Waals surface area contributed by atoms with Crippen LogP contribution in [0.3, 0.4) is 0 Å². The summed E-state index contributed by atoms with van der Waals surface area (Å²) in [5.74, 6) is -0.524. The molecule has 1 saturated heterocycles. The van der Waals surface area contributed by atoms with Crippen LogP contribution in [0.2, 0.25) is 0 Å². The molecular formula is C10H14F3NO. The average Bonchev–Trinajstić information content (AvgIpc) is 2.17.